The molecule has 0 saturated carbocycles. The number of ether oxygens (including phenoxy) is 1. The van der Waals surface area contributed by atoms with Crippen molar-refractivity contribution in [1.29, 1.82) is 0 Å². The molecule has 23 heavy (non-hydrogen) atoms. The molecule has 4 nitrogen and oxygen atoms in total. The maximum absolute atomic E-state index is 12.0. The number of carbonyl (C=O) groups excluding carboxylic acids is 1. The van der Waals surface area contributed by atoms with Crippen molar-refractivity contribution in [1.82, 2.24) is 4.98 Å². The number of thioether (sulfide) groups is 1. The third-order valence-corrected chi connectivity index (χ3v) is 5.22. The number of amides is 1. The molecule has 0 aliphatic carbocycles. The van der Waals surface area contributed by atoms with Crippen LogP contribution in [0.2, 0.25) is 0 Å². The van der Waals surface area contributed by atoms with Crippen LogP contribution in [0.5, 0.6) is 5.75 Å². The smallest absolute Gasteiger partial charge is 0.262 e. The van der Waals surface area contributed by atoms with E-state index in [0.29, 0.717) is 5.75 Å². The number of carbonyl (C=O) groups is 1. The van der Waals surface area contributed by atoms with E-state index in [9.17, 15) is 4.79 Å². The van der Waals surface area contributed by atoms with E-state index < -0.39 is 0 Å². The van der Waals surface area contributed by atoms with Gasteiger partial charge < -0.3 is 10.1 Å². The molecular formula is C17H16N2O2S2. The standard InChI is InChI=1S/C17H16N2O2S2/c1-11-3-6-13(7-4-11)21-10-16(20)18-12-5-8-14-15(9-12)23-17(19-14)22-2/h3-9H,10H2,1-2H3,(H,18,20). The highest BCUT2D eigenvalue weighted by atomic mass is 32.2. The van der Waals surface area contributed by atoms with Crippen LogP contribution in [-0.2, 0) is 4.79 Å². The zero-order valence-corrected chi connectivity index (χ0v) is 14.5. The van der Waals surface area contributed by atoms with E-state index in [2.05, 4.69) is 10.3 Å². The minimum atomic E-state index is -0.181. The number of nitrogens with zero attached hydrogens (tertiary/aromatic N) is 1. The number of anilines is 1. The predicted molar refractivity (Wildman–Crippen MR) is 96.7 cm³/mol. The summed E-state index contributed by atoms with van der Waals surface area (Å²) >= 11 is 3.24. The van der Waals surface area contributed by atoms with Crippen LogP contribution in [0, 0.1) is 6.92 Å². The molecule has 1 amide bonds. The number of nitrogens with one attached hydrogen (secondary N) is 1. The van der Waals surface area contributed by atoms with E-state index >= 15 is 0 Å². The zero-order valence-electron chi connectivity index (χ0n) is 12.8. The van der Waals surface area contributed by atoms with Crippen molar-refractivity contribution in [3.63, 3.8) is 0 Å². The molecule has 0 bridgehead atoms. The minimum Gasteiger partial charge on any atom is -0.484 e. The quantitative estimate of drug-likeness (QED) is 0.699. The lowest BCUT2D eigenvalue weighted by Gasteiger charge is -2.07. The molecule has 0 atom stereocenters. The van der Waals surface area contributed by atoms with E-state index in [1.807, 2.05) is 55.6 Å². The Kier molecular flexibility index (Phi) is 4.83. The highest BCUT2D eigenvalue weighted by Crippen LogP contribution is 2.29. The average molecular weight is 344 g/mol. The van der Waals surface area contributed by atoms with Crippen molar-refractivity contribution in [2.24, 2.45) is 0 Å². The number of aromatic nitrogens is 1. The molecule has 1 aromatic heterocycles. The van der Waals surface area contributed by atoms with Crippen LogP contribution in [0.1, 0.15) is 5.56 Å². The summed E-state index contributed by atoms with van der Waals surface area (Å²) in [7, 11) is 0. The first-order valence-corrected chi connectivity index (χ1v) is 9.12. The van der Waals surface area contributed by atoms with Crippen LogP contribution in [-0.4, -0.2) is 23.8 Å². The summed E-state index contributed by atoms with van der Waals surface area (Å²) in [6.45, 7) is 1.99. The number of benzene rings is 2. The fraction of sp³-hybridized carbons (Fsp3) is 0.176. The number of thiazole rings is 1. The fourth-order valence-electron chi connectivity index (χ4n) is 2.05. The molecule has 0 fully saturated rings. The zero-order chi connectivity index (χ0) is 16.2. The van der Waals surface area contributed by atoms with Crippen molar-refractivity contribution in [3.05, 3.63) is 48.0 Å². The Morgan fingerprint density at radius 3 is 2.78 bits per heavy atom. The number of hydrogen-bond donors (Lipinski definition) is 1. The first-order valence-electron chi connectivity index (χ1n) is 7.08. The first-order chi connectivity index (χ1) is 11.1. The summed E-state index contributed by atoms with van der Waals surface area (Å²) < 4.78 is 7.56. The number of aryl methyl sites for hydroxylation is 1. The molecular weight excluding hydrogens is 328 g/mol. The van der Waals surface area contributed by atoms with E-state index in [1.165, 1.54) is 0 Å². The lowest BCUT2D eigenvalue weighted by molar-refractivity contribution is -0.118. The molecule has 0 radical (unpaired) electrons. The lowest BCUT2D eigenvalue weighted by Crippen LogP contribution is -2.20. The van der Waals surface area contributed by atoms with Gasteiger partial charge >= 0.3 is 0 Å². The molecule has 0 saturated heterocycles. The van der Waals surface area contributed by atoms with Crippen LogP contribution < -0.4 is 10.1 Å². The Morgan fingerprint density at radius 2 is 2.04 bits per heavy atom. The van der Waals surface area contributed by atoms with Gasteiger partial charge in [-0.15, -0.1) is 11.3 Å². The van der Waals surface area contributed by atoms with Gasteiger partial charge in [-0.1, -0.05) is 29.5 Å². The second-order valence-corrected chi connectivity index (χ2v) is 7.10. The van der Waals surface area contributed by atoms with E-state index in [1.54, 1.807) is 23.1 Å². The summed E-state index contributed by atoms with van der Waals surface area (Å²) in [5, 5.41) is 2.85. The van der Waals surface area contributed by atoms with Crippen molar-refractivity contribution in [2.45, 2.75) is 11.3 Å². The largest absolute Gasteiger partial charge is 0.484 e. The Labute approximate surface area is 142 Å². The summed E-state index contributed by atoms with van der Waals surface area (Å²) in [6, 6.07) is 13.3. The van der Waals surface area contributed by atoms with Gasteiger partial charge in [0.25, 0.3) is 5.91 Å². The van der Waals surface area contributed by atoms with Gasteiger partial charge in [-0.05, 0) is 43.5 Å². The molecule has 3 rings (SSSR count). The molecule has 3 aromatic rings. The highest BCUT2D eigenvalue weighted by molar-refractivity contribution is 8.00. The minimum absolute atomic E-state index is 0.0140. The normalized spacial score (nSPS) is 10.7. The molecule has 118 valence electrons. The maximum atomic E-state index is 12.0. The second kappa shape index (κ2) is 7.02. The van der Waals surface area contributed by atoms with E-state index in [4.69, 9.17) is 4.74 Å². The number of rotatable bonds is 5. The van der Waals surface area contributed by atoms with Gasteiger partial charge in [-0.3, -0.25) is 4.79 Å². The molecule has 6 heteroatoms. The highest BCUT2D eigenvalue weighted by Gasteiger charge is 2.07. The van der Waals surface area contributed by atoms with Crippen LogP contribution in [0.15, 0.2) is 46.8 Å². The molecule has 2 aromatic carbocycles. The van der Waals surface area contributed by atoms with Gasteiger partial charge in [0.15, 0.2) is 10.9 Å². The summed E-state index contributed by atoms with van der Waals surface area (Å²) in [5.41, 5.74) is 2.86. The van der Waals surface area contributed by atoms with Crippen molar-refractivity contribution < 1.29 is 9.53 Å². The lowest BCUT2D eigenvalue weighted by atomic mass is 10.2. The summed E-state index contributed by atoms with van der Waals surface area (Å²) in [5.74, 6) is 0.507. The third-order valence-electron chi connectivity index (χ3n) is 3.22. The van der Waals surface area contributed by atoms with Crippen LogP contribution in [0.25, 0.3) is 10.2 Å². The van der Waals surface area contributed by atoms with Crippen LogP contribution in [0.4, 0.5) is 5.69 Å². The topological polar surface area (TPSA) is 51.2 Å². The van der Waals surface area contributed by atoms with Gasteiger partial charge in [-0.2, -0.15) is 0 Å². The van der Waals surface area contributed by atoms with Gasteiger partial charge in [-0.25, -0.2) is 4.98 Å². The van der Waals surface area contributed by atoms with Gasteiger partial charge in [0.05, 0.1) is 10.2 Å². The molecule has 1 heterocycles. The molecule has 0 aliphatic rings. The fourth-order valence-corrected chi connectivity index (χ4v) is 3.58. The Balaban J connectivity index is 1.61. The van der Waals surface area contributed by atoms with Gasteiger partial charge in [0, 0.05) is 5.69 Å². The summed E-state index contributed by atoms with van der Waals surface area (Å²) in [6.07, 6.45) is 2.00. The van der Waals surface area contributed by atoms with Crippen LogP contribution >= 0.6 is 23.1 Å². The predicted octanol–water partition coefficient (Wildman–Crippen LogP) is 4.34. The molecule has 0 unspecified atom stereocenters. The molecule has 1 N–H and O–H groups in total. The van der Waals surface area contributed by atoms with Crippen molar-refractivity contribution >= 4 is 44.9 Å². The molecule has 0 aliphatic heterocycles. The first kappa shape index (κ1) is 15.8. The van der Waals surface area contributed by atoms with Gasteiger partial charge in [0.1, 0.15) is 5.75 Å². The van der Waals surface area contributed by atoms with Crippen molar-refractivity contribution in [2.75, 3.05) is 18.2 Å². The number of fused-ring (bicyclic) bond motifs is 1. The van der Waals surface area contributed by atoms with Crippen molar-refractivity contribution in [3.8, 4) is 5.75 Å². The summed E-state index contributed by atoms with van der Waals surface area (Å²) in [4.78, 5) is 16.5. The monoisotopic (exact) mass is 344 g/mol. The third kappa shape index (κ3) is 4.03. The average Bonchev–Trinajstić information content (AvgIpc) is 2.97. The maximum Gasteiger partial charge on any atom is 0.262 e. The van der Waals surface area contributed by atoms with E-state index in [-0.39, 0.29) is 12.5 Å². The van der Waals surface area contributed by atoms with Gasteiger partial charge in [0.2, 0.25) is 0 Å². The second-order valence-electron chi connectivity index (χ2n) is 5.02. The Bertz CT molecular complexity index is 828. The van der Waals surface area contributed by atoms with E-state index in [0.717, 1.165) is 25.8 Å². The Hall–Kier alpha value is -2.05. The number of hydrogen-bond acceptors (Lipinski definition) is 5. The van der Waals surface area contributed by atoms with Crippen LogP contribution in [0.3, 0.4) is 0 Å². The molecule has 0 spiro atoms. The SMILES string of the molecule is CSc1nc2ccc(NC(=O)COc3ccc(C)cc3)cc2s1. The Morgan fingerprint density at radius 1 is 1.26 bits per heavy atom.